The molecule has 1 fully saturated rings. The van der Waals surface area contributed by atoms with Crippen LogP contribution in [0.4, 0.5) is 8.78 Å². The van der Waals surface area contributed by atoms with Gasteiger partial charge in [-0.1, -0.05) is 19.1 Å². The van der Waals surface area contributed by atoms with E-state index in [0.29, 0.717) is 52.2 Å². The van der Waals surface area contributed by atoms with Crippen molar-refractivity contribution in [3.63, 3.8) is 0 Å². The Balaban J connectivity index is 1.61. The monoisotopic (exact) mass is 483 g/mol. The van der Waals surface area contributed by atoms with Gasteiger partial charge in [0.2, 0.25) is 0 Å². The van der Waals surface area contributed by atoms with Crippen molar-refractivity contribution in [3.8, 4) is 0 Å². The molecular weight excluding hydrogens is 448 g/mol. The second-order valence-corrected chi connectivity index (χ2v) is 10.1. The third-order valence-corrected chi connectivity index (χ3v) is 6.46. The molecule has 0 saturated carbocycles. The number of rotatable bonds is 16. The Hall–Kier alpha value is -1.25. The molecule has 0 amide bonds. The summed E-state index contributed by atoms with van der Waals surface area (Å²) in [6.45, 7) is 8.37. The van der Waals surface area contributed by atoms with E-state index in [0.717, 1.165) is 11.2 Å². The quantitative estimate of drug-likeness (QED) is 0.336. The van der Waals surface area contributed by atoms with Crippen LogP contribution >= 0.6 is 0 Å². The molecule has 1 aliphatic rings. The largest absolute Gasteiger partial charge is 0.378 e. The average Bonchev–Trinajstić information content (AvgIpc) is 3.12. The van der Waals surface area contributed by atoms with Crippen LogP contribution in [0, 0.1) is 0 Å². The average molecular weight is 484 g/mol. The number of sulfone groups is 1. The van der Waals surface area contributed by atoms with Gasteiger partial charge < -0.3 is 19.5 Å². The molecule has 32 heavy (non-hydrogen) atoms. The standard InChI is InChI=1S/C19H35F2N5O5S/c1-16(2)22-3-7-29-9-11-31-12-10-30-8-4-26-18(19(20)21)17(23-24-26)15-25-5-13-32(27,28)14-6-25/h16,19,22H,3-15H2,1-2H3. The molecule has 0 aromatic carbocycles. The summed E-state index contributed by atoms with van der Waals surface area (Å²) in [7, 11) is -3.03. The van der Waals surface area contributed by atoms with Crippen LogP contribution in [-0.2, 0) is 37.1 Å². The van der Waals surface area contributed by atoms with Crippen LogP contribution in [0.25, 0.3) is 0 Å². The lowest BCUT2D eigenvalue weighted by Gasteiger charge is -2.25. The smallest absolute Gasteiger partial charge is 0.281 e. The van der Waals surface area contributed by atoms with Gasteiger partial charge in [0.25, 0.3) is 6.43 Å². The highest BCUT2D eigenvalue weighted by Gasteiger charge is 2.26. The van der Waals surface area contributed by atoms with Crippen molar-refractivity contribution in [1.82, 2.24) is 25.2 Å². The maximum Gasteiger partial charge on any atom is 0.281 e. The minimum atomic E-state index is -3.03. The van der Waals surface area contributed by atoms with E-state index in [2.05, 4.69) is 29.5 Å². The molecule has 2 rings (SSSR count). The third-order valence-electron chi connectivity index (χ3n) is 4.85. The molecule has 0 aliphatic carbocycles. The van der Waals surface area contributed by atoms with Gasteiger partial charge >= 0.3 is 0 Å². The molecule has 13 heteroatoms. The highest BCUT2D eigenvalue weighted by molar-refractivity contribution is 7.91. The fraction of sp³-hybridized carbons (Fsp3) is 0.895. The van der Waals surface area contributed by atoms with Gasteiger partial charge in [0.05, 0.1) is 57.7 Å². The van der Waals surface area contributed by atoms with Crippen molar-refractivity contribution in [1.29, 1.82) is 0 Å². The molecule has 1 aliphatic heterocycles. The summed E-state index contributed by atoms with van der Waals surface area (Å²) in [5, 5.41) is 11.0. The fourth-order valence-corrected chi connectivity index (χ4v) is 4.38. The maximum absolute atomic E-state index is 13.6. The van der Waals surface area contributed by atoms with E-state index in [-0.39, 0.29) is 42.6 Å². The first-order chi connectivity index (χ1) is 15.3. The van der Waals surface area contributed by atoms with Gasteiger partial charge in [0.1, 0.15) is 11.4 Å². The summed E-state index contributed by atoms with van der Waals surface area (Å²) >= 11 is 0. The summed E-state index contributed by atoms with van der Waals surface area (Å²) < 4.78 is 67.6. The zero-order valence-corrected chi connectivity index (χ0v) is 19.7. The zero-order valence-electron chi connectivity index (χ0n) is 18.8. The predicted molar refractivity (Wildman–Crippen MR) is 115 cm³/mol. The van der Waals surface area contributed by atoms with Gasteiger partial charge in [-0.05, 0) is 0 Å². The summed E-state index contributed by atoms with van der Waals surface area (Å²) in [6.07, 6.45) is -2.73. The molecule has 0 atom stereocenters. The lowest BCUT2D eigenvalue weighted by molar-refractivity contribution is 0.0126. The minimum absolute atomic E-state index is 0.0303. The fourth-order valence-electron chi connectivity index (χ4n) is 3.11. The van der Waals surface area contributed by atoms with Crippen LogP contribution in [0.2, 0.25) is 0 Å². The molecular formula is C19H35F2N5O5S. The Morgan fingerprint density at radius 2 is 1.59 bits per heavy atom. The highest BCUT2D eigenvalue weighted by Crippen LogP contribution is 2.23. The number of hydrogen-bond donors (Lipinski definition) is 1. The van der Waals surface area contributed by atoms with E-state index < -0.39 is 16.3 Å². The molecule has 1 aromatic rings. The van der Waals surface area contributed by atoms with Crippen LogP contribution in [0.15, 0.2) is 0 Å². The molecule has 0 unspecified atom stereocenters. The van der Waals surface area contributed by atoms with Crippen LogP contribution in [0.3, 0.4) is 0 Å². The molecule has 1 aromatic heterocycles. The van der Waals surface area contributed by atoms with Crippen molar-refractivity contribution in [2.45, 2.75) is 39.4 Å². The molecule has 10 nitrogen and oxygen atoms in total. The molecule has 0 radical (unpaired) electrons. The van der Waals surface area contributed by atoms with Crippen molar-refractivity contribution in [2.75, 3.05) is 70.8 Å². The van der Waals surface area contributed by atoms with E-state index >= 15 is 0 Å². The Morgan fingerprint density at radius 3 is 2.19 bits per heavy atom. The highest BCUT2D eigenvalue weighted by atomic mass is 32.2. The van der Waals surface area contributed by atoms with Gasteiger partial charge in [-0.2, -0.15) is 0 Å². The van der Waals surface area contributed by atoms with E-state index in [4.69, 9.17) is 14.2 Å². The Kier molecular flexibility index (Phi) is 11.9. The van der Waals surface area contributed by atoms with Gasteiger partial charge in [0.15, 0.2) is 9.84 Å². The first-order valence-corrected chi connectivity index (χ1v) is 12.7. The summed E-state index contributed by atoms with van der Waals surface area (Å²) in [5.74, 6) is 0.0606. The lowest BCUT2D eigenvalue weighted by Crippen LogP contribution is -2.40. The van der Waals surface area contributed by atoms with E-state index in [1.165, 1.54) is 0 Å². The van der Waals surface area contributed by atoms with E-state index in [9.17, 15) is 17.2 Å². The number of ether oxygens (including phenoxy) is 3. The zero-order chi connectivity index (χ0) is 23.4. The first-order valence-electron chi connectivity index (χ1n) is 10.9. The Labute approximate surface area is 188 Å². The number of alkyl halides is 2. The van der Waals surface area contributed by atoms with Crippen LogP contribution in [0.1, 0.15) is 31.7 Å². The SMILES string of the molecule is CC(C)NCCOCCOCCOCCn1nnc(CN2CCS(=O)(=O)CC2)c1C(F)F. The van der Waals surface area contributed by atoms with E-state index in [1.54, 1.807) is 4.90 Å². The van der Waals surface area contributed by atoms with Crippen molar-refractivity contribution >= 4 is 9.84 Å². The van der Waals surface area contributed by atoms with E-state index in [1.807, 2.05) is 0 Å². The molecule has 1 N–H and O–H groups in total. The lowest BCUT2D eigenvalue weighted by atomic mass is 10.3. The second kappa shape index (κ2) is 14.1. The molecule has 186 valence electrons. The number of nitrogens with zero attached hydrogens (tertiary/aromatic N) is 4. The molecule has 1 saturated heterocycles. The number of hydrogen-bond acceptors (Lipinski definition) is 9. The van der Waals surface area contributed by atoms with Gasteiger partial charge in [-0.3, -0.25) is 4.90 Å². The van der Waals surface area contributed by atoms with Crippen LogP contribution in [-0.4, -0.2) is 105 Å². The second-order valence-electron chi connectivity index (χ2n) is 7.82. The van der Waals surface area contributed by atoms with Crippen LogP contribution < -0.4 is 5.32 Å². The summed E-state index contributed by atoms with van der Waals surface area (Å²) in [5.41, 5.74) is -0.0754. The number of halogens is 2. The summed E-state index contributed by atoms with van der Waals surface area (Å²) in [4.78, 5) is 1.81. The van der Waals surface area contributed by atoms with Crippen molar-refractivity contribution in [3.05, 3.63) is 11.4 Å². The van der Waals surface area contributed by atoms with Gasteiger partial charge in [0, 0.05) is 32.2 Å². The van der Waals surface area contributed by atoms with Gasteiger partial charge in [-0.15, -0.1) is 5.10 Å². The number of nitrogens with one attached hydrogen (secondary N) is 1. The Morgan fingerprint density at radius 1 is 1.00 bits per heavy atom. The molecule has 0 spiro atoms. The predicted octanol–water partition coefficient (Wildman–Crippen LogP) is 0.494. The van der Waals surface area contributed by atoms with Crippen molar-refractivity contribution in [2.24, 2.45) is 0 Å². The van der Waals surface area contributed by atoms with Crippen LogP contribution in [0.5, 0.6) is 0 Å². The van der Waals surface area contributed by atoms with Gasteiger partial charge in [-0.25, -0.2) is 21.9 Å². The Bertz CT molecular complexity index is 749. The number of aromatic nitrogens is 3. The topological polar surface area (TPSA) is 108 Å². The molecule has 0 bridgehead atoms. The summed E-state index contributed by atoms with van der Waals surface area (Å²) in [6, 6.07) is 0.434. The maximum atomic E-state index is 13.6. The molecule has 2 heterocycles. The van der Waals surface area contributed by atoms with Crippen molar-refractivity contribution < 1.29 is 31.4 Å². The minimum Gasteiger partial charge on any atom is -0.378 e. The normalized spacial score (nSPS) is 16.9. The third kappa shape index (κ3) is 10.1. The first kappa shape index (κ1) is 27.0.